The smallest absolute Gasteiger partial charge is 0.336 e. The summed E-state index contributed by atoms with van der Waals surface area (Å²) in [6.07, 6.45) is 3.03. The Morgan fingerprint density at radius 1 is 0.900 bits per heavy atom. The fourth-order valence-electron chi connectivity index (χ4n) is 2.55. The molecule has 1 amide bonds. The number of halogens is 1. The molecule has 0 atom stereocenters. The molecule has 0 bridgehead atoms. The number of ether oxygens (including phenoxy) is 2. The highest BCUT2D eigenvalue weighted by Gasteiger charge is 2.02. The van der Waals surface area contributed by atoms with Crippen LogP contribution in [-0.2, 0) is 16.2 Å². The van der Waals surface area contributed by atoms with E-state index >= 15 is 0 Å². The average Bonchev–Trinajstić information content (AvgIpc) is 2.74. The van der Waals surface area contributed by atoms with Gasteiger partial charge in [-0.1, -0.05) is 40.2 Å². The molecule has 152 valence electrons. The lowest BCUT2D eigenvalue weighted by Gasteiger charge is -2.07. The van der Waals surface area contributed by atoms with Crippen molar-refractivity contribution >= 4 is 39.6 Å². The summed E-state index contributed by atoms with van der Waals surface area (Å²) in [6.45, 7) is 1.91. The Morgan fingerprint density at radius 2 is 1.53 bits per heavy atom. The average molecular weight is 466 g/mol. The van der Waals surface area contributed by atoms with E-state index in [1.807, 2.05) is 48.5 Å². The van der Waals surface area contributed by atoms with Crippen LogP contribution in [0.15, 0.2) is 83.3 Å². The molecule has 0 fully saturated rings. The molecule has 0 radical (unpaired) electrons. The fraction of sp³-hybridized carbons (Fsp3) is 0.0833. The molecule has 0 saturated heterocycles. The maximum absolute atomic E-state index is 12.0. The molecule has 0 heterocycles. The van der Waals surface area contributed by atoms with Crippen molar-refractivity contribution in [3.63, 3.8) is 0 Å². The lowest BCUT2D eigenvalue weighted by Crippen LogP contribution is -2.06. The van der Waals surface area contributed by atoms with E-state index in [0.717, 1.165) is 21.3 Å². The van der Waals surface area contributed by atoms with E-state index in [4.69, 9.17) is 9.47 Å². The molecule has 30 heavy (non-hydrogen) atoms. The first-order valence-electron chi connectivity index (χ1n) is 9.23. The summed E-state index contributed by atoms with van der Waals surface area (Å²) in [4.78, 5) is 23.0. The van der Waals surface area contributed by atoms with Gasteiger partial charge in [-0.05, 0) is 65.7 Å². The van der Waals surface area contributed by atoms with Crippen molar-refractivity contribution in [3.8, 4) is 11.5 Å². The largest absolute Gasteiger partial charge is 0.489 e. The molecule has 3 aromatic carbocycles. The highest BCUT2D eigenvalue weighted by molar-refractivity contribution is 9.10. The monoisotopic (exact) mass is 465 g/mol. The van der Waals surface area contributed by atoms with Gasteiger partial charge in [0.25, 0.3) is 0 Å². The zero-order valence-corrected chi connectivity index (χ0v) is 17.9. The summed E-state index contributed by atoms with van der Waals surface area (Å²) in [5, 5.41) is 2.65. The van der Waals surface area contributed by atoms with Crippen LogP contribution >= 0.6 is 15.9 Å². The van der Waals surface area contributed by atoms with Gasteiger partial charge in [-0.15, -0.1) is 0 Å². The van der Waals surface area contributed by atoms with Gasteiger partial charge in [0.15, 0.2) is 0 Å². The van der Waals surface area contributed by atoms with Gasteiger partial charge in [-0.3, -0.25) is 4.79 Å². The maximum Gasteiger partial charge on any atom is 0.336 e. The van der Waals surface area contributed by atoms with Gasteiger partial charge in [0, 0.05) is 23.2 Å². The Balaban J connectivity index is 1.49. The normalized spacial score (nSPS) is 10.6. The van der Waals surface area contributed by atoms with Crippen molar-refractivity contribution in [2.75, 3.05) is 5.32 Å². The second-order valence-corrected chi connectivity index (χ2v) is 7.36. The molecule has 0 unspecified atom stereocenters. The number of amides is 1. The third-order valence-corrected chi connectivity index (χ3v) is 4.53. The summed E-state index contributed by atoms with van der Waals surface area (Å²) in [6, 6.07) is 22.0. The first kappa shape index (κ1) is 21.3. The Kier molecular flexibility index (Phi) is 7.40. The topological polar surface area (TPSA) is 64.6 Å². The maximum atomic E-state index is 12.0. The predicted molar refractivity (Wildman–Crippen MR) is 120 cm³/mol. The molecular weight excluding hydrogens is 446 g/mol. The van der Waals surface area contributed by atoms with Crippen LogP contribution in [0.5, 0.6) is 11.5 Å². The second-order valence-electron chi connectivity index (χ2n) is 6.44. The molecule has 0 spiro atoms. The molecule has 0 aliphatic heterocycles. The van der Waals surface area contributed by atoms with Crippen molar-refractivity contribution in [2.24, 2.45) is 0 Å². The van der Waals surface area contributed by atoms with Crippen molar-refractivity contribution < 1.29 is 19.1 Å². The van der Waals surface area contributed by atoms with E-state index in [0.29, 0.717) is 18.0 Å². The SMILES string of the molecule is CC(=O)Nc1ccc(OC(=O)/C=C/c2ccc(OCc3ccc(Br)cc3)cc2)cc1. The molecular formula is C24H20BrNO4. The first-order valence-corrected chi connectivity index (χ1v) is 10.0. The molecule has 0 aliphatic carbocycles. The number of hydrogen-bond acceptors (Lipinski definition) is 4. The van der Waals surface area contributed by atoms with Crippen molar-refractivity contribution in [1.82, 2.24) is 0 Å². The highest BCUT2D eigenvalue weighted by atomic mass is 79.9. The Morgan fingerprint density at radius 3 is 2.17 bits per heavy atom. The van der Waals surface area contributed by atoms with Gasteiger partial charge < -0.3 is 14.8 Å². The zero-order chi connectivity index (χ0) is 21.3. The lowest BCUT2D eigenvalue weighted by molar-refractivity contribution is -0.128. The molecule has 1 N–H and O–H groups in total. The van der Waals surface area contributed by atoms with Crippen LogP contribution in [0.2, 0.25) is 0 Å². The minimum absolute atomic E-state index is 0.160. The standard InChI is InChI=1S/C24H20BrNO4/c1-17(27)26-21-9-13-23(14-10-21)30-24(28)15-6-18-4-11-22(12-5-18)29-16-19-2-7-20(25)8-3-19/h2-15H,16H2,1H3,(H,26,27)/b15-6+. The summed E-state index contributed by atoms with van der Waals surface area (Å²) in [5.74, 6) is 0.498. The highest BCUT2D eigenvalue weighted by Crippen LogP contribution is 2.18. The lowest BCUT2D eigenvalue weighted by atomic mass is 10.2. The van der Waals surface area contributed by atoms with Crippen LogP contribution in [0.3, 0.4) is 0 Å². The summed E-state index contributed by atoms with van der Waals surface area (Å²) < 4.78 is 12.0. The minimum Gasteiger partial charge on any atom is -0.489 e. The number of carbonyl (C=O) groups excluding carboxylic acids is 2. The number of esters is 1. The molecule has 3 aromatic rings. The van der Waals surface area contributed by atoms with E-state index < -0.39 is 5.97 Å². The fourth-order valence-corrected chi connectivity index (χ4v) is 2.81. The van der Waals surface area contributed by atoms with Crippen molar-refractivity contribution in [3.05, 3.63) is 94.5 Å². The van der Waals surface area contributed by atoms with Gasteiger partial charge in [0.2, 0.25) is 5.91 Å². The Labute approximate surface area is 183 Å². The van der Waals surface area contributed by atoms with E-state index in [1.54, 1.807) is 30.3 Å². The van der Waals surface area contributed by atoms with Crippen LogP contribution < -0.4 is 14.8 Å². The van der Waals surface area contributed by atoms with E-state index in [2.05, 4.69) is 21.2 Å². The molecule has 3 rings (SSSR count). The van der Waals surface area contributed by atoms with Gasteiger partial charge in [-0.25, -0.2) is 4.79 Å². The molecule has 0 aromatic heterocycles. The van der Waals surface area contributed by atoms with E-state index in [-0.39, 0.29) is 5.91 Å². The number of nitrogens with one attached hydrogen (secondary N) is 1. The van der Waals surface area contributed by atoms with Gasteiger partial charge in [0.1, 0.15) is 18.1 Å². The molecule has 0 aliphatic rings. The van der Waals surface area contributed by atoms with Gasteiger partial charge >= 0.3 is 5.97 Å². The van der Waals surface area contributed by atoms with Gasteiger partial charge in [-0.2, -0.15) is 0 Å². The van der Waals surface area contributed by atoms with Crippen LogP contribution in [0, 0.1) is 0 Å². The number of rotatable bonds is 7. The number of anilines is 1. The number of carbonyl (C=O) groups is 2. The van der Waals surface area contributed by atoms with Crippen LogP contribution in [0.25, 0.3) is 6.08 Å². The van der Waals surface area contributed by atoms with E-state index in [1.165, 1.54) is 13.0 Å². The number of benzene rings is 3. The molecule has 0 saturated carbocycles. The summed E-state index contributed by atoms with van der Waals surface area (Å²) >= 11 is 3.41. The van der Waals surface area contributed by atoms with Gasteiger partial charge in [0.05, 0.1) is 0 Å². The Hall–Kier alpha value is -3.38. The van der Waals surface area contributed by atoms with Crippen LogP contribution in [0.1, 0.15) is 18.1 Å². The quantitative estimate of drug-likeness (QED) is 0.280. The first-order chi connectivity index (χ1) is 14.5. The van der Waals surface area contributed by atoms with E-state index in [9.17, 15) is 9.59 Å². The van der Waals surface area contributed by atoms with Crippen LogP contribution in [0.4, 0.5) is 5.69 Å². The predicted octanol–water partition coefficient (Wildman–Crippen LogP) is 5.61. The van der Waals surface area contributed by atoms with Crippen molar-refractivity contribution in [2.45, 2.75) is 13.5 Å². The molecule has 5 nitrogen and oxygen atoms in total. The second kappa shape index (κ2) is 10.4. The Bertz CT molecular complexity index is 1030. The number of hydrogen-bond donors (Lipinski definition) is 1. The zero-order valence-electron chi connectivity index (χ0n) is 16.3. The third-order valence-electron chi connectivity index (χ3n) is 4.00. The van der Waals surface area contributed by atoms with Crippen LogP contribution in [-0.4, -0.2) is 11.9 Å². The summed E-state index contributed by atoms with van der Waals surface area (Å²) in [7, 11) is 0. The van der Waals surface area contributed by atoms with Crippen molar-refractivity contribution in [1.29, 1.82) is 0 Å². The summed E-state index contributed by atoms with van der Waals surface area (Å²) in [5.41, 5.74) is 2.57. The third kappa shape index (κ3) is 6.90. The molecule has 6 heteroatoms. The minimum atomic E-state index is -0.488.